The summed E-state index contributed by atoms with van der Waals surface area (Å²) in [6, 6.07) is 24.3. The van der Waals surface area contributed by atoms with Crippen LogP contribution in [0.5, 0.6) is 0 Å². The minimum absolute atomic E-state index is 0.0760. The fraction of sp³-hybridized carbons (Fsp3) is 0.174. The lowest BCUT2D eigenvalue weighted by Crippen LogP contribution is -2.22. The second-order valence-electron chi connectivity index (χ2n) is 6.60. The zero-order valence-corrected chi connectivity index (χ0v) is 15.7. The fourth-order valence-corrected chi connectivity index (χ4v) is 3.11. The molecule has 0 aliphatic carbocycles. The van der Waals surface area contributed by atoms with Crippen molar-refractivity contribution in [3.05, 3.63) is 106 Å². The fourth-order valence-electron chi connectivity index (χ4n) is 3.11. The molecule has 5 nitrogen and oxygen atoms in total. The normalized spacial score (nSPS) is 10.5. The molecule has 0 spiro atoms. The number of nitro groups is 1. The van der Waals surface area contributed by atoms with Gasteiger partial charge in [0.05, 0.1) is 4.92 Å². The second kappa shape index (κ2) is 8.95. The van der Waals surface area contributed by atoms with E-state index in [1.807, 2.05) is 67.6 Å². The topological polar surface area (TPSA) is 63.5 Å². The molecule has 0 aromatic heterocycles. The van der Waals surface area contributed by atoms with Crippen molar-refractivity contribution < 1.29 is 9.72 Å². The summed E-state index contributed by atoms with van der Waals surface area (Å²) in [5.41, 5.74) is 3.64. The first kappa shape index (κ1) is 19.3. The van der Waals surface area contributed by atoms with Crippen molar-refractivity contribution in [2.24, 2.45) is 0 Å². The van der Waals surface area contributed by atoms with Crippen LogP contribution in [0.3, 0.4) is 0 Å². The van der Waals surface area contributed by atoms with Crippen molar-refractivity contribution in [3.63, 3.8) is 0 Å². The highest BCUT2D eigenvalue weighted by Crippen LogP contribution is 2.23. The van der Waals surface area contributed by atoms with Gasteiger partial charge in [0.1, 0.15) is 0 Å². The smallest absolute Gasteiger partial charge is 0.269 e. The highest BCUT2D eigenvalue weighted by Gasteiger charge is 2.13. The lowest BCUT2D eigenvalue weighted by Gasteiger charge is -2.25. The van der Waals surface area contributed by atoms with Gasteiger partial charge >= 0.3 is 0 Å². The maximum absolute atomic E-state index is 12.1. The molecule has 5 heteroatoms. The molecule has 0 N–H and O–H groups in total. The second-order valence-corrected chi connectivity index (χ2v) is 6.60. The third-order valence-corrected chi connectivity index (χ3v) is 4.57. The minimum atomic E-state index is -0.383. The molecule has 0 unspecified atom stereocenters. The van der Waals surface area contributed by atoms with E-state index < -0.39 is 0 Å². The SMILES string of the molecule is CCC(=O)c1cccc(N(Cc2ccccc2)Cc2cccc([N+](=O)[O-])c2)c1. The molecule has 0 amide bonds. The van der Waals surface area contributed by atoms with E-state index in [1.54, 1.807) is 12.1 Å². The molecule has 0 radical (unpaired) electrons. The molecule has 0 heterocycles. The summed E-state index contributed by atoms with van der Waals surface area (Å²) in [5, 5.41) is 11.1. The monoisotopic (exact) mass is 374 g/mol. The van der Waals surface area contributed by atoms with Crippen molar-refractivity contribution >= 4 is 17.2 Å². The van der Waals surface area contributed by atoms with Crippen LogP contribution >= 0.6 is 0 Å². The zero-order valence-electron chi connectivity index (χ0n) is 15.7. The predicted octanol–water partition coefficient (Wildman–Crippen LogP) is 5.39. The van der Waals surface area contributed by atoms with Crippen molar-refractivity contribution in [1.29, 1.82) is 0 Å². The zero-order chi connectivity index (χ0) is 19.9. The summed E-state index contributed by atoms with van der Waals surface area (Å²) in [7, 11) is 0. The highest BCUT2D eigenvalue weighted by molar-refractivity contribution is 5.96. The largest absolute Gasteiger partial charge is 0.363 e. The first-order valence-electron chi connectivity index (χ1n) is 9.22. The van der Waals surface area contributed by atoms with Crippen molar-refractivity contribution in [2.75, 3.05) is 4.90 Å². The van der Waals surface area contributed by atoms with Gasteiger partial charge in [-0.15, -0.1) is 0 Å². The molecule has 3 aromatic rings. The number of nitrogens with zero attached hydrogens (tertiary/aromatic N) is 2. The van der Waals surface area contributed by atoms with Crippen LogP contribution in [0.4, 0.5) is 11.4 Å². The lowest BCUT2D eigenvalue weighted by atomic mass is 10.1. The number of hydrogen-bond donors (Lipinski definition) is 0. The third kappa shape index (κ3) is 4.82. The van der Waals surface area contributed by atoms with Gasteiger partial charge in [-0.3, -0.25) is 14.9 Å². The van der Waals surface area contributed by atoms with E-state index in [0.717, 1.165) is 16.8 Å². The maximum Gasteiger partial charge on any atom is 0.269 e. The van der Waals surface area contributed by atoms with E-state index in [0.29, 0.717) is 25.1 Å². The van der Waals surface area contributed by atoms with Crippen LogP contribution in [0.25, 0.3) is 0 Å². The number of anilines is 1. The maximum atomic E-state index is 12.1. The molecule has 0 aliphatic rings. The van der Waals surface area contributed by atoms with Crippen molar-refractivity contribution in [2.45, 2.75) is 26.4 Å². The van der Waals surface area contributed by atoms with Crippen molar-refractivity contribution in [3.8, 4) is 0 Å². The van der Waals surface area contributed by atoms with Crippen molar-refractivity contribution in [1.82, 2.24) is 0 Å². The Labute approximate surface area is 164 Å². The molecular weight excluding hydrogens is 352 g/mol. The number of carbonyl (C=O) groups excluding carboxylic acids is 1. The molecule has 142 valence electrons. The van der Waals surface area contributed by atoms with E-state index in [2.05, 4.69) is 4.90 Å². The standard InChI is InChI=1S/C23H22N2O3/c1-2-23(26)20-11-7-12-21(15-20)24(16-18-8-4-3-5-9-18)17-19-10-6-13-22(14-19)25(27)28/h3-15H,2,16-17H2,1H3. The molecule has 3 aromatic carbocycles. The summed E-state index contributed by atoms with van der Waals surface area (Å²) in [5.74, 6) is 0.0943. The van der Waals surface area contributed by atoms with Gasteiger partial charge in [0.25, 0.3) is 5.69 Å². The Morgan fingerprint density at radius 3 is 2.29 bits per heavy atom. The summed E-state index contributed by atoms with van der Waals surface area (Å²) in [6.07, 6.45) is 0.451. The summed E-state index contributed by atoms with van der Waals surface area (Å²) < 4.78 is 0. The van der Waals surface area contributed by atoms with E-state index in [1.165, 1.54) is 6.07 Å². The first-order chi connectivity index (χ1) is 13.6. The average molecular weight is 374 g/mol. The van der Waals surface area contributed by atoms with E-state index >= 15 is 0 Å². The van der Waals surface area contributed by atoms with Gasteiger partial charge in [-0.1, -0.05) is 61.5 Å². The van der Waals surface area contributed by atoms with Crippen LogP contribution in [0.2, 0.25) is 0 Å². The van der Waals surface area contributed by atoms with Crippen LogP contribution in [-0.2, 0) is 13.1 Å². The number of nitro benzene ring substituents is 1. The Morgan fingerprint density at radius 1 is 0.893 bits per heavy atom. The summed E-state index contributed by atoms with van der Waals surface area (Å²) in [6.45, 7) is 2.98. The molecule has 0 saturated heterocycles. The number of non-ortho nitro benzene ring substituents is 1. The van der Waals surface area contributed by atoms with E-state index in [4.69, 9.17) is 0 Å². The molecule has 0 bridgehead atoms. The summed E-state index contributed by atoms with van der Waals surface area (Å²) >= 11 is 0. The molecule has 28 heavy (non-hydrogen) atoms. The number of hydrogen-bond acceptors (Lipinski definition) is 4. The summed E-state index contributed by atoms with van der Waals surface area (Å²) in [4.78, 5) is 25.0. The molecule has 0 aliphatic heterocycles. The molecule has 0 fully saturated rings. The van der Waals surface area contributed by atoms with Gasteiger partial charge < -0.3 is 4.90 Å². The van der Waals surface area contributed by atoms with Crippen LogP contribution in [-0.4, -0.2) is 10.7 Å². The Balaban J connectivity index is 1.94. The van der Waals surface area contributed by atoms with Crippen LogP contribution in [0.15, 0.2) is 78.9 Å². The molecular formula is C23H22N2O3. The van der Waals surface area contributed by atoms with E-state index in [-0.39, 0.29) is 16.4 Å². The molecule has 3 rings (SSSR count). The number of benzene rings is 3. The van der Waals surface area contributed by atoms with Gasteiger partial charge in [-0.25, -0.2) is 0 Å². The van der Waals surface area contributed by atoms with Crippen LogP contribution in [0, 0.1) is 10.1 Å². The van der Waals surface area contributed by atoms with Crippen LogP contribution < -0.4 is 4.90 Å². The highest BCUT2D eigenvalue weighted by atomic mass is 16.6. The minimum Gasteiger partial charge on any atom is -0.363 e. The third-order valence-electron chi connectivity index (χ3n) is 4.57. The first-order valence-corrected chi connectivity index (χ1v) is 9.22. The lowest BCUT2D eigenvalue weighted by molar-refractivity contribution is -0.384. The van der Waals surface area contributed by atoms with Crippen LogP contribution in [0.1, 0.15) is 34.8 Å². The molecule has 0 saturated carbocycles. The van der Waals surface area contributed by atoms with Gasteiger partial charge in [-0.05, 0) is 23.3 Å². The van der Waals surface area contributed by atoms with Gasteiger partial charge in [0.15, 0.2) is 5.78 Å². The Morgan fingerprint density at radius 2 is 1.57 bits per heavy atom. The quantitative estimate of drug-likeness (QED) is 0.301. The Bertz CT molecular complexity index is 970. The van der Waals surface area contributed by atoms with Gasteiger partial charge in [-0.2, -0.15) is 0 Å². The Hall–Kier alpha value is -3.47. The average Bonchev–Trinajstić information content (AvgIpc) is 2.73. The van der Waals surface area contributed by atoms with E-state index in [9.17, 15) is 14.9 Å². The number of carbonyl (C=O) groups is 1. The number of ketones is 1. The Kier molecular flexibility index (Phi) is 6.17. The number of Topliss-reactive ketones (excluding diaryl/α,β-unsaturated/α-hetero) is 1. The predicted molar refractivity (Wildman–Crippen MR) is 110 cm³/mol. The number of rotatable bonds is 8. The van der Waals surface area contributed by atoms with Gasteiger partial charge in [0, 0.05) is 42.9 Å². The van der Waals surface area contributed by atoms with Gasteiger partial charge in [0.2, 0.25) is 0 Å². The molecule has 0 atom stereocenters.